The molecule has 5 nitrogen and oxygen atoms in total. The molecule has 0 spiro atoms. The number of allylic oxidation sites excluding steroid dienone is 1. The number of nitrogens with zero attached hydrogens (tertiary/aromatic N) is 3. The number of rotatable bonds is 7. The third-order valence-corrected chi connectivity index (χ3v) is 4.91. The van der Waals surface area contributed by atoms with Gasteiger partial charge in [-0.05, 0) is 39.0 Å². The Bertz CT molecular complexity index is 776. The van der Waals surface area contributed by atoms with E-state index in [2.05, 4.69) is 22.1 Å². The molecule has 1 N–H and O–H groups in total. The summed E-state index contributed by atoms with van der Waals surface area (Å²) in [6.45, 7) is 9.98. The van der Waals surface area contributed by atoms with E-state index in [0.717, 1.165) is 5.56 Å². The minimum absolute atomic E-state index is 0.0424. The molecule has 1 aromatic carbocycles. The first kappa shape index (κ1) is 19.8. The smallest absolute Gasteiger partial charge is 0.233 e. The van der Waals surface area contributed by atoms with Gasteiger partial charge in [0.1, 0.15) is 0 Å². The maximum atomic E-state index is 12.2. The van der Waals surface area contributed by atoms with Crippen LogP contribution in [0.1, 0.15) is 20.8 Å². The Morgan fingerprint density at radius 2 is 2.08 bits per heavy atom. The highest BCUT2D eigenvalue weighted by atomic mass is 35.5. The molecule has 0 saturated carbocycles. The van der Waals surface area contributed by atoms with E-state index in [1.165, 1.54) is 11.8 Å². The van der Waals surface area contributed by atoms with Crippen molar-refractivity contribution in [3.8, 4) is 11.4 Å². The Labute approximate surface area is 161 Å². The Morgan fingerprint density at radius 3 is 2.68 bits per heavy atom. The molecule has 1 atom stereocenters. The number of carbonyl (C=O) groups is 1. The summed E-state index contributed by atoms with van der Waals surface area (Å²) in [4.78, 5) is 12.2. The van der Waals surface area contributed by atoms with Gasteiger partial charge >= 0.3 is 0 Å². The Kier molecular flexibility index (Phi) is 6.93. The van der Waals surface area contributed by atoms with Crippen LogP contribution in [0.25, 0.3) is 11.4 Å². The summed E-state index contributed by atoms with van der Waals surface area (Å²) in [5, 5.41) is 12.8. The van der Waals surface area contributed by atoms with Gasteiger partial charge in [-0.25, -0.2) is 0 Å². The maximum absolute atomic E-state index is 12.2. The second kappa shape index (κ2) is 8.74. The Morgan fingerprint density at radius 1 is 1.36 bits per heavy atom. The van der Waals surface area contributed by atoms with Crippen molar-refractivity contribution < 1.29 is 4.79 Å². The van der Waals surface area contributed by atoms with Crippen LogP contribution in [-0.4, -0.2) is 32.0 Å². The fourth-order valence-electron chi connectivity index (χ4n) is 2.15. The lowest BCUT2D eigenvalue weighted by Gasteiger charge is -2.14. The lowest BCUT2D eigenvalue weighted by molar-refractivity contribution is -0.120. The predicted molar refractivity (Wildman–Crippen MR) is 104 cm³/mol. The van der Waals surface area contributed by atoms with Crippen molar-refractivity contribution in [2.24, 2.45) is 0 Å². The molecule has 0 aliphatic heterocycles. The van der Waals surface area contributed by atoms with Crippen molar-refractivity contribution in [3.05, 3.63) is 40.9 Å². The van der Waals surface area contributed by atoms with Crippen LogP contribution in [0.2, 0.25) is 10.0 Å². The number of hydrogen-bond donors (Lipinski definition) is 1. The summed E-state index contributed by atoms with van der Waals surface area (Å²) in [5.41, 5.74) is 0.728. The van der Waals surface area contributed by atoms with Crippen LogP contribution >= 0.6 is 35.0 Å². The fraction of sp³-hybridized carbons (Fsp3) is 0.353. The molecule has 2 aromatic rings. The normalized spacial score (nSPS) is 12.2. The van der Waals surface area contributed by atoms with Crippen LogP contribution in [0.3, 0.4) is 0 Å². The largest absolute Gasteiger partial charge is 0.353 e. The zero-order valence-corrected chi connectivity index (χ0v) is 16.6. The summed E-state index contributed by atoms with van der Waals surface area (Å²) in [6.07, 6.45) is 1.75. The van der Waals surface area contributed by atoms with Crippen molar-refractivity contribution in [2.45, 2.75) is 43.8 Å². The van der Waals surface area contributed by atoms with Crippen LogP contribution < -0.4 is 5.32 Å². The van der Waals surface area contributed by atoms with E-state index in [1.807, 2.05) is 25.3 Å². The van der Waals surface area contributed by atoms with Gasteiger partial charge in [0, 0.05) is 23.2 Å². The summed E-state index contributed by atoms with van der Waals surface area (Å²) in [5.74, 6) is 0.569. The topological polar surface area (TPSA) is 59.8 Å². The van der Waals surface area contributed by atoms with Crippen molar-refractivity contribution >= 4 is 40.9 Å². The first-order valence-electron chi connectivity index (χ1n) is 7.80. The lowest BCUT2D eigenvalue weighted by Crippen LogP contribution is -2.36. The number of aromatic nitrogens is 3. The molecular formula is C17H20Cl2N4OS. The molecule has 0 radical (unpaired) electrons. The van der Waals surface area contributed by atoms with Crippen LogP contribution in [-0.2, 0) is 11.3 Å². The molecule has 0 bridgehead atoms. The molecule has 0 saturated heterocycles. The number of hydrogen-bond acceptors (Lipinski definition) is 4. The number of amides is 1. The van der Waals surface area contributed by atoms with E-state index >= 15 is 0 Å². The van der Waals surface area contributed by atoms with Gasteiger partial charge in [-0.3, -0.25) is 9.36 Å². The third-order valence-electron chi connectivity index (χ3n) is 3.28. The lowest BCUT2D eigenvalue weighted by atomic mass is 10.2. The van der Waals surface area contributed by atoms with Crippen LogP contribution in [0.4, 0.5) is 0 Å². The van der Waals surface area contributed by atoms with Crippen molar-refractivity contribution in [3.63, 3.8) is 0 Å². The summed E-state index contributed by atoms with van der Waals surface area (Å²) in [6, 6.07) is 5.31. The Hall–Kier alpha value is -1.50. The van der Waals surface area contributed by atoms with E-state index < -0.39 is 0 Å². The number of benzene rings is 1. The van der Waals surface area contributed by atoms with Crippen LogP contribution in [0.5, 0.6) is 0 Å². The highest BCUT2D eigenvalue weighted by Crippen LogP contribution is 2.32. The molecule has 1 heterocycles. The second-order valence-electron chi connectivity index (χ2n) is 5.75. The van der Waals surface area contributed by atoms with E-state index in [9.17, 15) is 4.79 Å². The van der Waals surface area contributed by atoms with Gasteiger partial charge in [-0.15, -0.1) is 16.8 Å². The SMILES string of the molecule is C=CCn1c(S[C@H](C)C(=O)NC(C)C)nnc1-c1ccc(Cl)cc1Cl. The van der Waals surface area contributed by atoms with Gasteiger partial charge in [0.2, 0.25) is 5.91 Å². The van der Waals surface area contributed by atoms with Gasteiger partial charge in [0.15, 0.2) is 11.0 Å². The van der Waals surface area contributed by atoms with Crippen molar-refractivity contribution in [2.75, 3.05) is 0 Å². The second-order valence-corrected chi connectivity index (χ2v) is 7.90. The van der Waals surface area contributed by atoms with Crippen molar-refractivity contribution in [1.29, 1.82) is 0 Å². The van der Waals surface area contributed by atoms with E-state index in [1.54, 1.807) is 24.3 Å². The average Bonchev–Trinajstić information content (AvgIpc) is 2.90. The van der Waals surface area contributed by atoms with E-state index in [0.29, 0.717) is 27.6 Å². The predicted octanol–water partition coefficient (Wildman–Crippen LogP) is 4.44. The quantitative estimate of drug-likeness (QED) is 0.552. The van der Waals surface area contributed by atoms with Gasteiger partial charge in [-0.2, -0.15) is 0 Å². The first-order valence-corrected chi connectivity index (χ1v) is 9.43. The molecule has 1 amide bonds. The van der Waals surface area contributed by atoms with Gasteiger partial charge < -0.3 is 5.32 Å². The molecule has 0 fully saturated rings. The standard InChI is InChI=1S/C17H20Cl2N4OS/c1-5-8-23-15(13-7-6-12(18)9-14(13)19)21-22-17(23)25-11(4)16(24)20-10(2)3/h5-7,9-11H,1,8H2,2-4H3,(H,20,24)/t11-/m1/s1. The molecule has 1 aromatic heterocycles. The summed E-state index contributed by atoms with van der Waals surface area (Å²) >= 11 is 13.6. The number of halogens is 2. The minimum atomic E-state index is -0.302. The summed E-state index contributed by atoms with van der Waals surface area (Å²) < 4.78 is 1.88. The van der Waals surface area contributed by atoms with Gasteiger partial charge in [-0.1, -0.05) is 41.0 Å². The van der Waals surface area contributed by atoms with Crippen molar-refractivity contribution in [1.82, 2.24) is 20.1 Å². The summed E-state index contributed by atoms with van der Waals surface area (Å²) in [7, 11) is 0. The zero-order chi connectivity index (χ0) is 18.6. The number of thioether (sulfide) groups is 1. The van der Waals surface area contributed by atoms with Crippen LogP contribution in [0, 0.1) is 0 Å². The Balaban J connectivity index is 2.33. The molecule has 0 aliphatic carbocycles. The molecule has 0 unspecified atom stereocenters. The zero-order valence-electron chi connectivity index (χ0n) is 14.3. The molecule has 2 rings (SSSR count). The maximum Gasteiger partial charge on any atom is 0.233 e. The first-order chi connectivity index (χ1) is 11.8. The monoisotopic (exact) mass is 398 g/mol. The molecule has 25 heavy (non-hydrogen) atoms. The highest BCUT2D eigenvalue weighted by Gasteiger charge is 2.21. The average molecular weight is 399 g/mol. The van der Waals surface area contributed by atoms with Gasteiger partial charge in [0.25, 0.3) is 0 Å². The van der Waals surface area contributed by atoms with Crippen LogP contribution in [0.15, 0.2) is 36.0 Å². The van der Waals surface area contributed by atoms with E-state index in [4.69, 9.17) is 23.2 Å². The van der Waals surface area contributed by atoms with Gasteiger partial charge in [0.05, 0.1) is 10.3 Å². The molecular weight excluding hydrogens is 379 g/mol. The molecule has 8 heteroatoms. The third kappa shape index (κ3) is 5.00. The molecule has 134 valence electrons. The fourth-order valence-corrected chi connectivity index (χ4v) is 3.51. The number of carbonyl (C=O) groups excluding carboxylic acids is 1. The van der Waals surface area contributed by atoms with E-state index in [-0.39, 0.29) is 17.2 Å². The molecule has 0 aliphatic rings. The minimum Gasteiger partial charge on any atom is -0.353 e. The highest BCUT2D eigenvalue weighted by molar-refractivity contribution is 8.00. The number of nitrogens with one attached hydrogen (secondary N) is 1.